The number of nitrogens with two attached hydrogens (primary N) is 1. The Kier molecular flexibility index (Phi) is 6.68. The highest BCUT2D eigenvalue weighted by atomic mass is 16.5. The van der Waals surface area contributed by atoms with Crippen molar-refractivity contribution < 1.29 is 18.9 Å². The second-order valence-corrected chi connectivity index (χ2v) is 9.43. The third-order valence-corrected chi connectivity index (χ3v) is 6.77. The van der Waals surface area contributed by atoms with E-state index in [9.17, 15) is 19.2 Å². The minimum Gasteiger partial charge on any atom is -0.381 e. The summed E-state index contributed by atoms with van der Waals surface area (Å²) in [6.07, 6.45) is 0. The van der Waals surface area contributed by atoms with Crippen molar-refractivity contribution in [2.45, 2.75) is 27.3 Å². The van der Waals surface area contributed by atoms with Crippen molar-refractivity contribution in [3.05, 3.63) is 93.7 Å². The Hall–Kier alpha value is -5.25. The number of aryl methyl sites for hydroxylation is 3. The summed E-state index contributed by atoms with van der Waals surface area (Å²) in [5, 5.41) is 3.45. The zero-order valence-electron chi connectivity index (χ0n) is 22.4. The first-order chi connectivity index (χ1) is 19.1. The second-order valence-electron chi connectivity index (χ2n) is 9.43. The van der Waals surface area contributed by atoms with E-state index >= 15 is 0 Å². The third kappa shape index (κ3) is 4.60. The number of amides is 2. The van der Waals surface area contributed by atoms with Crippen LogP contribution in [0, 0.1) is 6.92 Å². The molecule has 0 radical (unpaired) electrons. The van der Waals surface area contributed by atoms with Crippen LogP contribution in [0.2, 0.25) is 0 Å². The number of hydrogen-bond donors (Lipinski definition) is 2. The number of anilines is 1. The van der Waals surface area contributed by atoms with E-state index in [1.54, 1.807) is 38.2 Å². The molecule has 0 spiro atoms. The number of nitrogens with zero attached hydrogens (tertiary/aromatic N) is 3. The Morgan fingerprint density at radius 2 is 1.73 bits per heavy atom. The molecule has 0 saturated heterocycles. The third-order valence-electron chi connectivity index (χ3n) is 6.77. The van der Waals surface area contributed by atoms with Crippen LogP contribution in [0.1, 0.15) is 50.9 Å². The Labute approximate surface area is 229 Å². The van der Waals surface area contributed by atoms with E-state index in [-0.39, 0.29) is 28.3 Å². The average Bonchev–Trinajstić information content (AvgIpc) is 3.43. The van der Waals surface area contributed by atoms with E-state index in [0.717, 1.165) is 16.8 Å². The maximum absolute atomic E-state index is 13.5. The molecule has 0 bridgehead atoms. The quantitative estimate of drug-likeness (QED) is 0.292. The van der Waals surface area contributed by atoms with Gasteiger partial charge in [-0.15, -0.1) is 0 Å². The Balaban J connectivity index is 1.62. The van der Waals surface area contributed by atoms with Crippen LogP contribution in [0.4, 0.5) is 5.69 Å². The molecule has 10 heteroatoms. The SMILES string of the molecule is CCn1c(-c2ccc(-c3c(C)on(C)c3=O)cc2)cc2cc(C(C)=O)nc(C(=O)Nc3cccc(C(N)=O)c3)c21. The molecule has 40 heavy (non-hydrogen) atoms. The van der Waals surface area contributed by atoms with Crippen LogP contribution < -0.4 is 16.6 Å². The summed E-state index contributed by atoms with van der Waals surface area (Å²) >= 11 is 0. The van der Waals surface area contributed by atoms with E-state index in [1.807, 2.05) is 41.8 Å². The molecule has 0 unspecified atom stereocenters. The Morgan fingerprint density at radius 1 is 1.02 bits per heavy atom. The van der Waals surface area contributed by atoms with Gasteiger partial charge in [-0.05, 0) is 55.3 Å². The maximum atomic E-state index is 13.5. The lowest BCUT2D eigenvalue weighted by molar-refractivity contribution is 0.0991. The van der Waals surface area contributed by atoms with Crippen LogP contribution in [0.25, 0.3) is 33.3 Å². The van der Waals surface area contributed by atoms with Crippen LogP contribution in [-0.2, 0) is 13.6 Å². The summed E-state index contributed by atoms with van der Waals surface area (Å²) in [4.78, 5) is 54.3. The summed E-state index contributed by atoms with van der Waals surface area (Å²) in [6, 6.07) is 17.4. The first kappa shape index (κ1) is 26.4. The largest absolute Gasteiger partial charge is 0.381 e. The molecule has 3 heterocycles. The number of ketones is 1. The van der Waals surface area contributed by atoms with Crippen LogP contribution in [0.3, 0.4) is 0 Å². The molecular weight excluding hydrogens is 510 g/mol. The molecule has 5 aromatic rings. The molecule has 2 amide bonds. The number of hydrogen-bond acceptors (Lipinski definition) is 6. The van der Waals surface area contributed by atoms with Crippen molar-refractivity contribution >= 4 is 34.2 Å². The molecule has 0 fully saturated rings. The van der Waals surface area contributed by atoms with Crippen molar-refractivity contribution in [3.63, 3.8) is 0 Å². The molecular formula is C30H27N5O5. The zero-order valence-corrected chi connectivity index (χ0v) is 22.4. The molecule has 3 aromatic heterocycles. The molecule has 202 valence electrons. The lowest BCUT2D eigenvalue weighted by Gasteiger charge is -2.12. The van der Waals surface area contributed by atoms with Crippen molar-refractivity contribution in [2.75, 3.05) is 5.32 Å². The van der Waals surface area contributed by atoms with Gasteiger partial charge < -0.3 is 20.1 Å². The molecule has 5 rings (SSSR count). The standard InChI is InChI=1S/C30H27N5O5/c1-5-35-24(18-9-11-19(12-10-18)25-17(3)40-34(4)30(25)39)15-21-14-23(16(2)36)33-26(27(21)35)29(38)32-22-8-6-7-20(13-22)28(31)37/h6-15H,5H2,1-4H3,(H2,31,37)(H,32,38). The second kappa shape index (κ2) is 10.1. The molecule has 0 atom stereocenters. The highest BCUT2D eigenvalue weighted by Gasteiger charge is 2.22. The fraction of sp³-hybridized carbons (Fsp3) is 0.167. The first-order valence-corrected chi connectivity index (χ1v) is 12.6. The van der Waals surface area contributed by atoms with Gasteiger partial charge in [0.05, 0.1) is 11.1 Å². The Morgan fingerprint density at radius 3 is 2.33 bits per heavy atom. The number of Topliss-reactive ketones (excluding diaryl/α,β-unsaturated/α-hetero) is 1. The number of primary amides is 1. The van der Waals surface area contributed by atoms with Gasteiger partial charge in [0.1, 0.15) is 11.5 Å². The number of carbonyl (C=O) groups excluding carboxylic acids is 3. The van der Waals surface area contributed by atoms with Crippen LogP contribution in [0.5, 0.6) is 0 Å². The topological polar surface area (TPSA) is 142 Å². The Bertz CT molecular complexity index is 1880. The molecule has 0 aliphatic rings. The summed E-state index contributed by atoms with van der Waals surface area (Å²) in [7, 11) is 1.57. The summed E-state index contributed by atoms with van der Waals surface area (Å²) < 4.78 is 8.58. The molecule has 0 aliphatic carbocycles. The van der Waals surface area contributed by atoms with Crippen molar-refractivity contribution in [3.8, 4) is 22.4 Å². The van der Waals surface area contributed by atoms with E-state index in [2.05, 4.69) is 10.3 Å². The highest BCUT2D eigenvalue weighted by Crippen LogP contribution is 2.32. The van der Waals surface area contributed by atoms with Crippen molar-refractivity contribution in [1.82, 2.24) is 14.3 Å². The minimum absolute atomic E-state index is 0.0782. The number of fused-ring (bicyclic) bond motifs is 1. The maximum Gasteiger partial charge on any atom is 0.290 e. The lowest BCUT2D eigenvalue weighted by Crippen LogP contribution is -2.18. The van der Waals surface area contributed by atoms with Crippen LogP contribution >= 0.6 is 0 Å². The predicted molar refractivity (Wildman–Crippen MR) is 151 cm³/mol. The summed E-state index contributed by atoms with van der Waals surface area (Å²) in [6.45, 7) is 5.61. The van der Waals surface area contributed by atoms with Gasteiger partial charge in [0.2, 0.25) is 5.91 Å². The number of benzene rings is 2. The molecule has 10 nitrogen and oxygen atoms in total. The fourth-order valence-electron chi connectivity index (χ4n) is 4.88. The van der Waals surface area contributed by atoms with Gasteiger partial charge in [0.15, 0.2) is 11.5 Å². The smallest absolute Gasteiger partial charge is 0.290 e. The highest BCUT2D eigenvalue weighted by molar-refractivity contribution is 6.13. The van der Waals surface area contributed by atoms with Gasteiger partial charge in [0, 0.05) is 42.8 Å². The van der Waals surface area contributed by atoms with Crippen molar-refractivity contribution in [1.29, 1.82) is 0 Å². The summed E-state index contributed by atoms with van der Waals surface area (Å²) in [5.74, 6) is -0.897. The van der Waals surface area contributed by atoms with E-state index in [4.69, 9.17) is 10.3 Å². The number of pyridine rings is 1. The van der Waals surface area contributed by atoms with E-state index in [1.165, 1.54) is 17.7 Å². The predicted octanol–water partition coefficient (Wildman–Crippen LogP) is 4.54. The van der Waals surface area contributed by atoms with E-state index in [0.29, 0.717) is 34.5 Å². The normalized spacial score (nSPS) is 11.1. The number of rotatable bonds is 7. The first-order valence-electron chi connectivity index (χ1n) is 12.6. The van der Waals surface area contributed by atoms with E-state index < -0.39 is 11.8 Å². The number of nitrogens with one attached hydrogen (secondary N) is 1. The van der Waals surface area contributed by atoms with Crippen molar-refractivity contribution in [2.24, 2.45) is 12.8 Å². The zero-order chi connectivity index (χ0) is 28.7. The number of aromatic nitrogens is 3. The molecule has 0 aliphatic heterocycles. The fourth-order valence-corrected chi connectivity index (χ4v) is 4.88. The van der Waals surface area contributed by atoms with Gasteiger partial charge in [-0.3, -0.25) is 19.2 Å². The molecule has 2 aromatic carbocycles. The number of carbonyl (C=O) groups is 3. The molecule has 0 saturated carbocycles. The van der Waals surface area contributed by atoms with Crippen LogP contribution in [-0.4, -0.2) is 31.9 Å². The van der Waals surface area contributed by atoms with Gasteiger partial charge in [-0.2, -0.15) is 4.74 Å². The van der Waals surface area contributed by atoms with Gasteiger partial charge in [-0.25, -0.2) is 4.98 Å². The minimum atomic E-state index is -0.617. The average molecular weight is 538 g/mol. The van der Waals surface area contributed by atoms with Gasteiger partial charge in [-0.1, -0.05) is 30.3 Å². The molecule has 3 N–H and O–H groups in total. The monoisotopic (exact) mass is 537 g/mol. The van der Waals surface area contributed by atoms with Crippen LogP contribution in [0.15, 0.2) is 70.0 Å². The van der Waals surface area contributed by atoms with Gasteiger partial charge in [0.25, 0.3) is 11.5 Å². The van der Waals surface area contributed by atoms with Gasteiger partial charge >= 0.3 is 0 Å². The summed E-state index contributed by atoms with van der Waals surface area (Å²) in [5.41, 5.74) is 9.48. The lowest BCUT2D eigenvalue weighted by atomic mass is 10.0.